The van der Waals surface area contributed by atoms with Crippen LogP contribution in [0.15, 0.2) is 30.0 Å². The van der Waals surface area contributed by atoms with Gasteiger partial charge in [-0.25, -0.2) is 0 Å². The predicted octanol–water partition coefficient (Wildman–Crippen LogP) is 1.87. The van der Waals surface area contributed by atoms with Gasteiger partial charge in [-0.1, -0.05) is 18.2 Å². The van der Waals surface area contributed by atoms with Crippen LogP contribution in [-0.2, 0) is 6.42 Å². The minimum Gasteiger partial charge on any atom is -0.505 e. The van der Waals surface area contributed by atoms with Gasteiger partial charge in [-0.2, -0.15) is 0 Å². The van der Waals surface area contributed by atoms with Crippen LogP contribution in [0.2, 0.25) is 0 Å². The molecule has 0 unspecified atom stereocenters. The Kier molecular flexibility index (Phi) is 1.78. The third kappa shape index (κ3) is 1.18. The Balaban J connectivity index is 2.53. The zero-order valence-electron chi connectivity index (χ0n) is 9.07. The van der Waals surface area contributed by atoms with E-state index in [0.717, 1.165) is 10.9 Å². The number of hydrogen-bond donors (Lipinski definition) is 4. The first kappa shape index (κ1) is 9.84. The summed E-state index contributed by atoms with van der Waals surface area (Å²) < 4.78 is 0. The SMILES string of the molecule is NC1=C(O)c2cccc3c(O)c(N)cc(c23)C1. The highest BCUT2D eigenvalue weighted by molar-refractivity contribution is 6.02. The quantitative estimate of drug-likeness (QED) is 0.409. The molecule has 0 heterocycles. The van der Waals surface area contributed by atoms with Gasteiger partial charge in [0.1, 0.15) is 11.5 Å². The molecule has 0 bridgehead atoms. The molecule has 0 spiro atoms. The maximum atomic E-state index is 9.94. The highest BCUT2D eigenvalue weighted by Crippen LogP contribution is 2.40. The molecule has 6 N–H and O–H groups in total. The lowest BCUT2D eigenvalue weighted by molar-refractivity contribution is 0.484. The topological polar surface area (TPSA) is 92.5 Å². The van der Waals surface area contributed by atoms with Gasteiger partial charge in [-0.05, 0) is 11.6 Å². The highest BCUT2D eigenvalue weighted by atomic mass is 16.3. The van der Waals surface area contributed by atoms with Gasteiger partial charge in [0, 0.05) is 22.8 Å². The second kappa shape index (κ2) is 3.07. The second-order valence-corrected chi connectivity index (χ2v) is 4.25. The molecule has 0 radical (unpaired) electrons. The fourth-order valence-corrected chi connectivity index (χ4v) is 2.38. The van der Waals surface area contributed by atoms with Crippen molar-refractivity contribution >= 4 is 22.2 Å². The molecule has 0 aromatic heterocycles. The summed E-state index contributed by atoms with van der Waals surface area (Å²) in [5, 5.41) is 21.3. The standard InChI is InChI=1S/C13H12N2O2/c14-9-4-6-5-10(15)13(17)8-3-1-2-7(11(6)8)12(9)16/h1-4,16-17H,5,14-15H2. The van der Waals surface area contributed by atoms with Gasteiger partial charge in [0.2, 0.25) is 0 Å². The number of aliphatic hydroxyl groups is 1. The van der Waals surface area contributed by atoms with Crippen molar-refractivity contribution in [1.29, 1.82) is 0 Å². The van der Waals surface area contributed by atoms with Crippen LogP contribution in [0.3, 0.4) is 0 Å². The van der Waals surface area contributed by atoms with Crippen molar-refractivity contribution in [2.75, 3.05) is 5.73 Å². The van der Waals surface area contributed by atoms with Crippen LogP contribution in [0.5, 0.6) is 5.75 Å². The van der Waals surface area contributed by atoms with Crippen LogP contribution < -0.4 is 11.5 Å². The average molecular weight is 228 g/mol. The summed E-state index contributed by atoms with van der Waals surface area (Å²) in [5.74, 6) is 0.145. The Morgan fingerprint density at radius 1 is 1.12 bits per heavy atom. The van der Waals surface area contributed by atoms with Crippen molar-refractivity contribution in [1.82, 2.24) is 0 Å². The number of nitrogens with two attached hydrogens (primary N) is 2. The van der Waals surface area contributed by atoms with Crippen molar-refractivity contribution in [3.8, 4) is 5.75 Å². The van der Waals surface area contributed by atoms with Crippen LogP contribution in [0.1, 0.15) is 11.1 Å². The summed E-state index contributed by atoms with van der Waals surface area (Å²) in [6, 6.07) is 7.03. The van der Waals surface area contributed by atoms with E-state index < -0.39 is 0 Å². The number of phenols is 1. The van der Waals surface area contributed by atoms with Crippen molar-refractivity contribution in [3.63, 3.8) is 0 Å². The monoisotopic (exact) mass is 228 g/mol. The molecule has 1 aliphatic rings. The molecule has 4 heteroatoms. The molecule has 1 aliphatic carbocycles. The average Bonchev–Trinajstić information content (AvgIpc) is 2.32. The van der Waals surface area contributed by atoms with Crippen LogP contribution in [-0.4, -0.2) is 10.2 Å². The van der Waals surface area contributed by atoms with Crippen molar-refractivity contribution in [2.24, 2.45) is 5.73 Å². The van der Waals surface area contributed by atoms with Gasteiger partial charge in [0.25, 0.3) is 0 Å². The third-order valence-corrected chi connectivity index (χ3v) is 3.18. The number of nitrogen functional groups attached to an aromatic ring is 1. The van der Waals surface area contributed by atoms with E-state index in [1.165, 1.54) is 0 Å². The van der Waals surface area contributed by atoms with Crippen LogP contribution in [0, 0.1) is 0 Å². The zero-order chi connectivity index (χ0) is 12.2. The number of anilines is 1. The number of phenolic OH excluding ortho intramolecular Hbond substituents is 1. The Morgan fingerprint density at radius 3 is 2.65 bits per heavy atom. The molecule has 0 fully saturated rings. The number of aliphatic hydroxyl groups excluding tert-OH is 1. The van der Waals surface area contributed by atoms with Gasteiger partial charge >= 0.3 is 0 Å². The zero-order valence-corrected chi connectivity index (χ0v) is 9.07. The number of benzene rings is 2. The lowest BCUT2D eigenvalue weighted by Crippen LogP contribution is -2.11. The minimum atomic E-state index is 0.0545. The highest BCUT2D eigenvalue weighted by Gasteiger charge is 2.21. The molecular formula is C13H12N2O2. The minimum absolute atomic E-state index is 0.0545. The lowest BCUT2D eigenvalue weighted by atomic mass is 9.89. The summed E-state index contributed by atoms with van der Waals surface area (Å²) in [7, 11) is 0. The summed E-state index contributed by atoms with van der Waals surface area (Å²) in [4.78, 5) is 0. The fraction of sp³-hybridized carbons (Fsp3) is 0.0769. The molecule has 0 amide bonds. The van der Waals surface area contributed by atoms with Crippen molar-refractivity contribution in [3.05, 3.63) is 41.1 Å². The first-order valence-electron chi connectivity index (χ1n) is 5.30. The summed E-state index contributed by atoms with van der Waals surface area (Å²) in [5.41, 5.74) is 13.9. The molecule has 0 aliphatic heterocycles. The molecule has 17 heavy (non-hydrogen) atoms. The maximum absolute atomic E-state index is 9.94. The predicted molar refractivity (Wildman–Crippen MR) is 67.5 cm³/mol. The van der Waals surface area contributed by atoms with Crippen LogP contribution >= 0.6 is 0 Å². The van der Waals surface area contributed by atoms with Crippen LogP contribution in [0.25, 0.3) is 16.5 Å². The van der Waals surface area contributed by atoms with E-state index in [2.05, 4.69) is 0 Å². The summed E-state index contributed by atoms with van der Waals surface area (Å²) in [6.45, 7) is 0. The molecule has 86 valence electrons. The summed E-state index contributed by atoms with van der Waals surface area (Å²) in [6.07, 6.45) is 0.448. The number of aromatic hydroxyl groups is 1. The second-order valence-electron chi connectivity index (χ2n) is 4.25. The smallest absolute Gasteiger partial charge is 0.146 e. The van der Waals surface area contributed by atoms with E-state index in [9.17, 15) is 10.2 Å². The van der Waals surface area contributed by atoms with E-state index in [1.807, 2.05) is 0 Å². The Labute approximate surface area is 97.8 Å². The molecule has 3 rings (SSSR count). The Morgan fingerprint density at radius 2 is 1.88 bits per heavy atom. The van der Waals surface area contributed by atoms with Gasteiger partial charge in [-0.3, -0.25) is 0 Å². The molecule has 0 atom stereocenters. The van der Waals surface area contributed by atoms with Gasteiger partial charge < -0.3 is 21.7 Å². The molecular weight excluding hydrogens is 216 g/mol. The van der Waals surface area contributed by atoms with E-state index in [-0.39, 0.29) is 11.5 Å². The molecule has 4 nitrogen and oxygen atoms in total. The van der Waals surface area contributed by atoms with Crippen molar-refractivity contribution in [2.45, 2.75) is 6.42 Å². The molecule has 2 aromatic rings. The molecule has 0 saturated heterocycles. The van der Waals surface area contributed by atoms with E-state index >= 15 is 0 Å². The van der Waals surface area contributed by atoms with Gasteiger partial charge in [0.15, 0.2) is 0 Å². The Hall–Kier alpha value is -2.36. The lowest BCUT2D eigenvalue weighted by Gasteiger charge is -2.19. The largest absolute Gasteiger partial charge is 0.505 e. The molecule has 0 saturated carbocycles. The number of rotatable bonds is 0. The first-order valence-corrected chi connectivity index (χ1v) is 5.30. The fourth-order valence-electron chi connectivity index (χ4n) is 2.38. The number of allylic oxidation sites excluding steroid dienone is 1. The summed E-state index contributed by atoms with van der Waals surface area (Å²) >= 11 is 0. The van der Waals surface area contributed by atoms with Gasteiger partial charge in [-0.15, -0.1) is 0 Å². The van der Waals surface area contributed by atoms with E-state index in [0.29, 0.717) is 28.8 Å². The van der Waals surface area contributed by atoms with Gasteiger partial charge in [0.05, 0.1) is 11.4 Å². The van der Waals surface area contributed by atoms with Crippen LogP contribution in [0.4, 0.5) is 5.69 Å². The maximum Gasteiger partial charge on any atom is 0.146 e. The number of hydrogen-bond acceptors (Lipinski definition) is 4. The van der Waals surface area contributed by atoms with Crippen molar-refractivity contribution < 1.29 is 10.2 Å². The van der Waals surface area contributed by atoms with E-state index in [1.54, 1.807) is 24.3 Å². The Bertz CT molecular complexity index is 675. The third-order valence-electron chi connectivity index (χ3n) is 3.18. The first-order chi connectivity index (χ1) is 8.09. The normalized spacial score (nSPS) is 14.4. The molecule has 2 aromatic carbocycles. The van der Waals surface area contributed by atoms with E-state index in [4.69, 9.17) is 11.5 Å².